The van der Waals surface area contributed by atoms with E-state index in [2.05, 4.69) is 5.32 Å². The normalized spacial score (nSPS) is 14.6. The van der Waals surface area contributed by atoms with Crippen molar-refractivity contribution in [2.75, 3.05) is 45.5 Å². The molecule has 0 aliphatic carbocycles. The molecule has 240 valence electrons. The predicted molar refractivity (Wildman–Crippen MR) is 174 cm³/mol. The van der Waals surface area contributed by atoms with E-state index in [1.54, 1.807) is 43.9 Å². The van der Waals surface area contributed by atoms with Gasteiger partial charge in [-0.2, -0.15) is 13.2 Å². The van der Waals surface area contributed by atoms with Crippen molar-refractivity contribution in [1.29, 1.82) is 0 Å². The smallest absolute Gasteiger partial charge is 0.417 e. The minimum atomic E-state index is -4.61. The third kappa shape index (κ3) is 7.77. The third-order valence-corrected chi connectivity index (χ3v) is 8.47. The largest absolute Gasteiger partial charge is 0.496 e. The van der Waals surface area contributed by atoms with Crippen LogP contribution in [0.1, 0.15) is 32.7 Å². The van der Waals surface area contributed by atoms with Gasteiger partial charge in [0, 0.05) is 44.4 Å². The first-order valence-corrected chi connectivity index (χ1v) is 15.6. The Balaban J connectivity index is 1.19. The molecule has 1 saturated heterocycles. The van der Waals surface area contributed by atoms with Crippen molar-refractivity contribution in [1.82, 2.24) is 9.80 Å². The first-order chi connectivity index (χ1) is 22.0. The summed E-state index contributed by atoms with van der Waals surface area (Å²) in [5.41, 5.74) is 2.02. The predicted octanol–water partition coefficient (Wildman–Crippen LogP) is 7.54. The summed E-state index contributed by atoms with van der Waals surface area (Å²) in [6.07, 6.45) is -4.44. The van der Waals surface area contributed by atoms with Gasteiger partial charge < -0.3 is 24.6 Å². The molecule has 1 heterocycles. The summed E-state index contributed by atoms with van der Waals surface area (Å²) in [7, 11) is 5.07. The third-order valence-electron chi connectivity index (χ3n) is 7.55. The SMILES string of the molecule is COc1ccc(-c2cccc(C(=O)N(C)C)c2)cc1SCNc1cccc(OC2CCN(C(=O)c3ccccc3C(F)(F)F)C2)c1. The molecule has 0 bridgehead atoms. The van der Waals surface area contributed by atoms with Crippen LogP contribution < -0.4 is 14.8 Å². The Morgan fingerprint density at radius 2 is 1.72 bits per heavy atom. The first kappa shape index (κ1) is 32.7. The Morgan fingerprint density at radius 3 is 2.48 bits per heavy atom. The van der Waals surface area contributed by atoms with E-state index in [0.717, 1.165) is 33.5 Å². The number of methoxy groups -OCH3 is 1. The molecule has 0 radical (unpaired) electrons. The van der Waals surface area contributed by atoms with Gasteiger partial charge in [-0.15, -0.1) is 11.8 Å². The van der Waals surface area contributed by atoms with E-state index in [1.165, 1.54) is 23.1 Å². The molecule has 0 spiro atoms. The van der Waals surface area contributed by atoms with Crippen LogP contribution in [0.3, 0.4) is 0 Å². The summed E-state index contributed by atoms with van der Waals surface area (Å²) < 4.78 is 52.1. The highest BCUT2D eigenvalue weighted by Gasteiger charge is 2.37. The van der Waals surface area contributed by atoms with E-state index in [0.29, 0.717) is 30.2 Å². The number of amides is 2. The maximum atomic E-state index is 13.4. The van der Waals surface area contributed by atoms with Crippen LogP contribution in [-0.2, 0) is 6.18 Å². The molecule has 4 aromatic rings. The lowest BCUT2D eigenvalue weighted by Crippen LogP contribution is -2.32. The number of thioether (sulfide) groups is 1. The van der Waals surface area contributed by atoms with Gasteiger partial charge in [0.1, 0.15) is 17.6 Å². The van der Waals surface area contributed by atoms with E-state index in [4.69, 9.17) is 9.47 Å². The van der Waals surface area contributed by atoms with Gasteiger partial charge in [0.05, 0.1) is 35.6 Å². The van der Waals surface area contributed by atoms with Crippen molar-refractivity contribution in [3.8, 4) is 22.6 Å². The molecule has 1 aliphatic heterocycles. The van der Waals surface area contributed by atoms with Gasteiger partial charge in [0.2, 0.25) is 0 Å². The number of anilines is 1. The fourth-order valence-electron chi connectivity index (χ4n) is 5.22. The number of hydrogen-bond acceptors (Lipinski definition) is 6. The number of likely N-dealkylation sites (tertiary alicyclic amines) is 1. The fourth-order valence-corrected chi connectivity index (χ4v) is 6.12. The molecule has 0 aromatic heterocycles. The van der Waals surface area contributed by atoms with Crippen LogP contribution in [0.2, 0.25) is 0 Å². The molecule has 1 fully saturated rings. The van der Waals surface area contributed by atoms with Gasteiger partial charge in [0.25, 0.3) is 11.8 Å². The second-order valence-corrected chi connectivity index (χ2v) is 12.0. The molecule has 7 nitrogen and oxygen atoms in total. The maximum absolute atomic E-state index is 13.4. The lowest BCUT2D eigenvalue weighted by Gasteiger charge is -2.20. The van der Waals surface area contributed by atoms with Crippen molar-refractivity contribution in [2.24, 2.45) is 0 Å². The molecule has 1 atom stereocenters. The zero-order chi connectivity index (χ0) is 32.8. The highest BCUT2D eigenvalue weighted by molar-refractivity contribution is 7.99. The first-order valence-electron chi connectivity index (χ1n) is 14.6. The van der Waals surface area contributed by atoms with Crippen LogP contribution in [0.4, 0.5) is 18.9 Å². The molecular formula is C35H34F3N3O4S. The molecule has 1 aliphatic rings. The number of alkyl halides is 3. The second kappa shape index (κ2) is 14.2. The minimum Gasteiger partial charge on any atom is -0.496 e. The maximum Gasteiger partial charge on any atom is 0.417 e. The van der Waals surface area contributed by atoms with Crippen molar-refractivity contribution < 1.29 is 32.2 Å². The molecule has 1 N–H and O–H groups in total. The standard InChI is InChI=1S/C35H34F3N3O4S/c1-40(2)33(42)25-9-6-8-23(18-25)24-14-15-31(44-3)32(19-24)46-22-39-26-10-7-11-27(20-26)45-28-16-17-41(21-28)34(43)29-12-4-5-13-30(29)35(36,37)38/h4-15,18-20,28,39H,16-17,21-22H2,1-3H3. The number of hydrogen-bond donors (Lipinski definition) is 1. The van der Waals surface area contributed by atoms with Crippen LogP contribution >= 0.6 is 11.8 Å². The van der Waals surface area contributed by atoms with Gasteiger partial charge in [0.15, 0.2) is 0 Å². The summed E-state index contributed by atoms with van der Waals surface area (Å²) in [4.78, 5) is 29.3. The van der Waals surface area contributed by atoms with Crippen molar-refractivity contribution >= 4 is 29.3 Å². The Labute approximate surface area is 270 Å². The molecule has 0 saturated carbocycles. The van der Waals surface area contributed by atoms with Crippen LogP contribution in [0, 0.1) is 0 Å². The highest BCUT2D eigenvalue weighted by atomic mass is 32.2. The van der Waals surface area contributed by atoms with Crippen molar-refractivity contribution in [3.63, 3.8) is 0 Å². The molecule has 4 aromatic carbocycles. The topological polar surface area (TPSA) is 71.1 Å². The zero-order valence-corrected chi connectivity index (χ0v) is 26.5. The molecule has 2 amide bonds. The lowest BCUT2D eigenvalue weighted by atomic mass is 10.0. The molecule has 5 rings (SSSR count). The Kier molecular flexibility index (Phi) is 10.1. The number of rotatable bonds is 10. The second-order valence-electron chi connectivity index (χ2n) is 11.0. The van der Waals surface area contributed by atoms with E-state index < -0.39 is 17.6 Å². The Bertz CT molecular complexity index is 1710. The number of nitrogens with one attached hydrogen (secondary N) is 1. The molecular weight excluding hydrogens is 615 g/mol. The summed E-state index contributed by atoms with van der Waals surface area (Å²) >= 11 is 1.56. The van der Waals surface area contributed by atoms with Crippen LogP contribution in [-0.4, -0.2) is 67.9 Å². The van der Waals surface area contributed by atoms with Gasteiger partial charge in [-0.1, -0.05) is 36.4 Å². The van der Waals surface area contributed by atoms with Crippen LogP contribution in [0.5, 0.6) is 11.5 Å². The van der Waals surface area contributed by atoms with E-state index in [-0.39, 0.29) is 24.1 Å². The fraction of sp³-hybridized carbons (Fsp3) is 0.257. The highest BCUT2D eigenvalue weighted by Crippen LogP contribution is 2.35. The van der Waals surface area contributed by atoms with Gasteiger partial charge in [-0.05, 0) is 59.7 Å². The molecule has 46 heavy (non-hydrogen) atoms. The van der Waals surface area contributed by atoms with E-state index in [1.807, 2.05) is 60.7 Å². The molecule has 1 unspecified atom stereocenters. The lowest BCUT2D eigenvalue weighted by molar-refractivity contribution is -0.138. The Hall–Kier alpha value is -4.64. The van der Waals surface area contributed by atoms with E-state index >= 15 is 0 Å². The number of halogens is 3. The average molecular weight is 650 g/mol. The number of nitrogens with zero attached hydrogens (tertiary/aromatic N) is 2. The average Bonchev–Trinajstić information content (AvgIpc) is 3.52. The van der Waals surface area contributed by atoms with Crippen molar-refractivity contribution in [2.45, 2.75) is 23.6 Å². The van der Waals surface area contributed by atoms with Gasteiger partial charge in [-0.25, -0.2) is 0 Å². The monoisotopic (exact) mass is 649 g/mol. The quantitative estimate of drug-likeness (QED) is 0.141. The van der Waals surface area contributed by atoms with Gasteiger partial charge in [-0.3, -0.25) is 9.59 Å². The number of benzene rings is 4. The molecule has 11 heteroatoms. The van der Waals surface area contributed by atoms with Crippen LogP contribution in [0.15, 0.2) is 95.9 Å². The Morgan fingerprint density at radius 1 is 0.957 bits per heavy atom. The number of carbonyl (C=O) groups excluding carboxylic acids is 2. The minimum absolute atomic E-state index is 0.0641. The summed E-state index contributed by atoms with van der Waals surface area (Å²) in [6.45, 7) is 0.502. The van der Waals surface area contributed by atoms with Gasteiger partial charge >= 0.3 is 6.18 Å². The zero-order valence-electron chi connectivity index (χ0n) is 25.6. The van der Waals surface area contributed by atoms with E-state index in [9.17, 15) is 22.8 Å². The summed E-state index contributed by atoms with van der Waals surface area (Å²) in [6, 6.07) is 25.7. The summed E-state index contributed by atoms with van der Waals surface area (Å²) in [5.74, 6) is 1.13. The number of carbonyl (C=O) groups is 2. The van der Waals surface area contributed by atoms with Crippen LogP contribution in [0.25, 0.3) is 11.1 Å². The summed E-state index contributed by atoms with van der Waals surface area (Å²) in [5, 5.41) is 3.38. The number of ether oxygens (including phenoxy) is 2. The van der Waals surface area contributed by atoms with Crippen molar-refractivity contribution in [3.05, 3.63) is 108 Å².